The number of benzene rings is 1. The lowest BCUT2D eigenvalue weighted by Crippen LogP contribution is -2.49. The molecular formula is C16H27ClN2. The van der Waals surface area contributed by atoms with Crippen LogP contribution in [0.5, 0.6) is 0 Å². The minimum absolute atomic E-state index is 0.0670. The second kappa shape index (κ2) is 7.88. The predicted molar refractivity (Wildman–Crippen MR) is 84.5 cm³/mol. The Morgan fingerprint density at radius 3 is 2.63 bits per heavy atom. The molecule has 0 bridgehead atoms. The van der Waals surface area contributed by atoms with Crippen LogP contribution in [0.1, 0.15) is 45.1 Å². The van der Waals surface area contributed by atoms with Crippen molar-refractivity contribution < 1.29 is 0 Å². The Morgan fingerprint density at radius 2 is 2.05 bits per heavy atom. The third kappa shape index (κ3) is 5.13. The molecule has 0 aliphatic heterocycles. The first-order chi connectivity index (χ1) is 9.01. The monoisotopic (exact) mass is 282 g/mol. The van der Waals surface area contributed by atoms with Crippen LogP contribution >= 0.6 is 11.6 Å². The molecule has 2 N–H and O–H groups in total. The van der Waals surface area contributed by atoms with Crippen LogP contribution in [0, 0.1) is 0 Å². The molecule has 0 fully saturated rings. The van der Waals surface area contributed by atoms with E-state index in [2.05, 4.69) is 31.9 Å². The molecule has 0 saturated carbocycles. The highest BCUT2D eigenvalue weighted by molar-refractivity contribution is 6.30. The first-order valence-corrected chi connectivity index (χ1v) is 7.55. The number of likely N-dealkylation sites (N-methyl/N-ethyl adjacent to an activating group) is 1. The second-order valence-corrected chi connectivity index (χ2v) is 6.08. The number of halogens is 1. The van der Waals surface area contributed by atoms with E-state index in [4.69, 9.17) is 17.3 Å². The van der Waals surface area contributed by atoms with Crippen LogP contribution in [-0.2, 0) is 6.54 Å². The molecule has 19 heavy (non-hydrogen) atoms. The average molecular weight is 283 g/mol. The molecule has 1 aromatic carbocycles. The number of nitrogens with two attached hydrogens (primary N) is 1. The topological polar surface area (TPSA) is 29.3 Å². The minimum Gasteiger partial charge on any atom is -0.329 e. The molecule has 0 spiro atoms. The van der Waals surface area contributed by atoms with Gasteiger partial charge in [0.05, 0.1) is 0 Å². The van der Waals surface area contributed by atoms with Gasteiger partial charge < -0.3 is 5.73 Å². The van der Waals surface area contributed by atoms with Crippen molar-refractivity contribution in [1.29, 1.82) is 0 Å². The Morgan fingerprint density at radius 1 is 1.32 bits per heavy atom. The summed E-state index contributed by atoms with van der Waals surface area (Å²) in [5, 5.41) is 0.798. The summed E-state index contributed by atoms with van der Waals surface area (Å²) in [6, 6.07) is 8.06. The van der Waals surface area contributed by atoms with Crippen molar-refractivity contribution >= 4 is 11.6 Å². The summed E-state index contributed by atoms with van der Waals surface area (Å²) in [4.78, 5) is 2.36. The van der Waals surface area contributed by atoms with Gasteiger partial charge in [-0.25, -0.2) is 0 Å². The third-order valence-electron chi connectivity index (χ3n) is 3.99. The van der Waals surface area contributed by atoms with Crippen molar-refractivity contribution in [1.82, 2.24) is 4.90 Å². The van der Waals surface area contributed by atoms with Gasteiger partial charge in [-0.3, -0.25) is 4.90 Å². The standard InChI is InChI=1S/C16H27ClN2/c1-4-5-6-10-16(2,13-18)19(3)12-14-8-7-9-15(17)11-14/h7-9,11H,4-6,10,12-13,18H2,1-3H3. The molecular weight excluding hydrogens is 256 g/mol. The van der Waals surface area contributed by atoms with Gasteiger partial charge in [-0.2, -0.15) is 0 Å². The van der Waals surface area contributed by atoms with E-state index in [-0.39, 0.29) is 5.54 Å². The SMILES string of the molecule is CCCCCC(C)(CN)N(C)Cc1cccc(Cl)c1. The molecule has 1 atom stereocenters. The van der Waals surface area contributed by atoms with Gasteiger partial charge >= 0.3 is 0 Å². The molecule has 0 aromatic heterocycles. The van der Waals surface area contributed by atoms with E-state index in [1.165, 1.54) is 24.8 Å². The molecule has 0 aliphatic rings. The van der Waals surface area contributed by atoms with Gasteiger partial charge in [0.1, 0.15) is 0 Å². The highest BCUT2D eigenvalue weighted by atomic mass is 35.5. The van der Waals surface area contributed by atoms with Crippen molar-refractivity contribution in [2.75, 3.05) is 13.6 Å². The number of nitrogens with zero attached hydrogens (tertiary/aromatic N) is 1. The van der Waals surface area contributed by atoms with E-state index >= 15 is 0 Å². The fraction of sp³-hybridized carbons (Fsp3) is 0.625. The zero-order chi connectivity index (χ0) is 14.3. The summed E-state index contributed by atoms with van der Waals surface area (Å²) in [6.45, 7) is 6.07. The fourth-order valence-electron chi connectivity index (χ4n) is 2.30. The van der Waals surface area contributed by atoms with Crippen LogP contribution in [-0.4, -0.2) is 24.0 Å². The van der Waals surface area contributed by atoms with Crippen molar-refractivity contribution in [3.63, 3.8) is 0 Å². The number of rotatable bonds is 8. The maximum atomic E-state index is 6.04. The quantitative estimate of drug-likeness (QED) is 0.728. The maximum absolute atomic E-state index is 6.04. The summed E-state index contributed by atoms with van der Waals surface area (Å²) in [5.41, 5.74) is 7.31. The maximum Gasteiger partial charge on any atom is 0.0409 e. The van der Waals surface area contributed by atoms with E-state index in [0.717, 1.165) is 18.0 Å². The Balaban J connectivity index is 2.64. The normalized spacial score (nSPS) is 14.6. The molecule has 108 valence electrons. The average Bonchev–Trinajstić information content (AvgIpc) is 2.38. The highest BCUT2D eigenvalue weighted by Gasteiger charge is 2.26. The molecule has 0 heterocycles. The van der Waals surface area contributed by atoms with E-state index in [1.54, 1.807) is 0 Å². The zero-order valence-corrected chi connectivity index (χ0v) is 13.2. The van der Waals surface area contributed by atoms with Gasteiger partial charge in [-0.15, -0.1) is 0 Å². The molecule has 0 saturated heterocycles. The van der Waals surface area contributed by atoms with Gasteiger partial charge in [0.25, 0.3) is 0 Å². The Bertz CT molecular complexity index is 381. The minimum atomic E-state index is 0.0670. The lowest BCUT2D eigenvalue weighted by molar-refractivity contribution is 0.123. The summed E-state index contributed by atoms with van der Waals surface area (Å²) >= 11 is 6.04. The molecule has 1 aromatic rings. The second-order valence-electron chi connectivity index (χ2n) is 5.64. The first-order valence-electron chi connectivity index (χ1n) is 7.17. The van der Waals surface area contributed by atoms with Crippen molar-refractivity contribution in [2.24, 2.45) is 5.73 Å². The lowest BCUT2D eigenvalue weighted by atomic mass is 9.92. The van der Waals surface area contributed by atoms with Crippen molar-refractivity contribution in [3.05, 3.63) is 34.9 Å². The zero-order valence-electron chi connectivity index (χ0n) is 12.5. The summed E-state index contributed by atoms with van der Waals surface area (Å²) in [5.74, 6) is 0. The number of hydrogen-bond donors (Lipinski definition) is 1. The number of hydrogen-bond acceptors (Lipinski definition) is 2. The van der Waals surface area contributed by atoms with Gasteiger partial charge in [-0.1, -0.05) is 49.9 Å². The molecule has 3 heteroatoms. The fourth-order valence-corrected chi connectivity index (χ4v) is 2.52. The van der Waals surface area contributed by atoms with Gasteiger partial charge in [0.15, 0.2) is 0 Å². The summed E-state index contributed by atoms with van der Waals surface area (Å²) < 4.78 is 0. The Hall–Kier alpha value is -0.570. The van der Waals surface area contributed by atoms with Crippen LogP contribution in [0.25, 0.3) is 0 Å². The Kier molecular flexibility index (Phi) is 6.84. The first kappa shape index (κ1) is 16.5. The van der Waals surface area contributed by atoms with E-state index in [1.807, 2.05) is 18.2 Å². The van der Waals surface area contributed by atoms with E-state index < -0.39 is 0 Å². The predicted octanol–water partition coefficient (Wildman–Crippen LogP) is 4.07. The van der Waals surface area contributed by atoms with E-state index in [9.17, 15) is 0 Å². The van der Waals surface area contributed by atoms with Crippen LogP contribution in [0.4, 0.5) is 0 Å². The molecule has 2 nitrogen and oxygen atoms in total. The smallest absolute Gasteiger partial charge is 0.0409 e. The molecule has 0 aliphatic carbocycles. The largest absolute Gasteiger partial charge is 0.329 e. The van der Waals surface area contributed by atoms with Crippen LogP contribution in [0.15, 0.2) is 24.3 Å². The van der Waals surface area contributed by atoms with Crippen LogP contribution < -0.4 is 5.73 Å². The molecule has 1 rings (SSSR count). The van der Waals surface area contributed by atoms with Crippen molar-refractivity contribution in [2.45, 2.75) is 51.6 Å². The van der Waals surface area contributed by atoms with Gasteiger partial charge in [0.2, 0.25) is 0 Å². The highest BCUT2D eigenvalue weighted by Crippen LogP contribution is 2.23. The molecule has 0 amide bonds. The van der Waals surface area contributed by atoms with Crippen LogP contribution in [0.3, 0.4) is 0 Å². The van der Waals surface area contributed by atoms with E-state index in [0.29, 0.717) is 6.54 Å². The summed E-state index contributed by atoms with van der Waals surface area (Å²) in [6.07, 6.45) is 4.91. The lowest BCUT2D eigenvalue weighted by Gasteiger charge is -2.38. The molecule has 0 radical (unpaired) electrons. The number of unbranched alkanes of at least 4 members (excludes halogenated alkanes) is 2. The Labute approximate surface area is 122 Å². The summed E-state index contributed by atoms with van der Waals surface area (Å²) in [7, 11) is 2.15. The van der Waals surface area contributed by atoms with Gasteiger partial charge in [0, 0.05) is 23.7 Å². The molecule has 1 unspecified atom stereocenters. The van der Waals surface area contributed by atoms with Crippen LogP contribution in [0.2, 0.25) is 5.02 Å². The third-order valence-corrected chi connectivity index (χ3v) is 4.22. The van der Waals surface area contributed by atoms with Crippen molar-refractivity contribution in [3.8, 4) is 0 Å². The van der Waals surface area contributed by atoms with Gasteiger partial charge in [-0.05, 0) is 38.1 Å².